The molecule has 94 valence electrons. The first kappa shape index (κ1) is 13.5. The third-order valence-corrected chi connectivity index (χ3v) is 3.20. The summed E-state index contributed by atoms with van der Waals surface area (Å²) in [5.41, 5.74) is 0. The summed E-state index contributed by atoms with van der Waals surface area (Å²) in [6.07, 6.45) is 1.60. The second kappa shape index (κ2) is 6.21. The van der Waals surface area contributed by atoms with Crippen LogP contribution in [0.15, 0.2) is 0 Å². The highest BCUT2D eigenvalue weighted by Gasteiger charge is 2.24. The third kappa shape index (κ3) is 4.10. The van der Waals surface area contributed by atoms with Gasteiger partial charge in [0.1, 0.15) is 0 Å². The van der Waals surface area contributed by atoms with Crippen molar-refractivity contribution in [2.24, 2.45) is 0 Å². The lowest BCUT2D eigenvalue weighted by atomic mass is 10.1. The monoisotopic (exact) mass is 228 g/mol. The van der Waals surface area contributed by atoms with Crippen molar-refractivity contribution in [2.45, 2.75) is 51.7 Å². The Kier molecular flexibility index (Phi) is 5.22. The Hall–Kier alpha value is -0.610. The lowest BCUT2D eigenvalue weighted by Gasteiger charge is -2.27. The molecule has 1 fully saturated rings. The van der Waals surface area contributed by atoms with Crippen molar-refractivity contribution in [3.05, 3.63) is 0 Å². The van der Waals surface area contributed by atoms with Gasteiger partial charge in [-0.25, -0.2) is 0 Å². The normalized spacial score (nSPS) is 27.8. The molecule has 0 aromatic heterocycles. The van der Waals surface area contributed by atoms with Gasteiger partial charge >= 0.3 is 5.97 Å². The van der Waals surface area contributed by atoms with Crippen molar-refractivity contribution in [3.63, 3.8) is 0 Å². The number of hydrogen-bond acceptors (Lipinski definition) is 4. The Morgan fingerprint density at radius 1 is 1.56 bits per heavy atom. The summed E-state index contributed by atoms with van der Waals surface area (Å²) < 4.78 is 4.73. The largest absolute Gasteiger partial charge is 0.469 e. The zero-order chi connectivity index (χ0) is 12.1. The summed E-state index contributed by atoms with van der Waals surface area (Å²) >= 11 is 0. The van der Waals surface area contributed by atoms with Gasteiger partial charge in [-0.2, -0.15) is 0 Å². The van der Waals surface area contributed by atoms with Crippen molar-refractivity contribution < 1.29 is 9.53 Å². The maximum atomic E-state index is 11.3. The molecule has 0 radical (unpaired) electrons. The number of carbonyl (C=O) groups is 1. The highest BCUT2D eigenvalue weighted by Crippen LogP contribution is 2.11. The number of nitrogens with one attached hydrogen (secondary N) is 1. The molecule has 0 aromatic rings. The molecule has 0 aliphatic carbocycles. The van der Waals surface area contributed by atoms with E-state index in [9.17, 15) is 4.79 Å². The molecule has 16 heavy (non-hydrogen) atoms. The first-order valence-corrected chi connectivity index (χ1v) is 6.09. The number of methoxy groups -OCH3 is 1. The first-order valence-electron chi connectivity index (χ1n) is 6.09. The number of nitrogens with zero attached hydrogens (tertiary/aromatic N) is 1. The molecule has 4 nitrogen and oxygen atoms in total. The second-order valence-electron chi connectivity index (χ2n) is 4.92. The fourth-order valence-electron chi connectivity index (χ4n) is 2.15. The molecular formula is C12H24N2O2. The molecule has 4 heteroatoms. The van der Waals surface area contributed by atoms with Crippen LogP contribution in [0.25, 0.3) is 0 Å². The van der Waals surface area contributed by atoms with Gasteiger partial charge in [-0.05, 0) is 33.7 Å². The number of hydrogen-bond donors (Lipinski definition) is 1. The fourth-order valence-corrected chi connectivity index (χ4v) is 2.15. The van der Waals surface area contributed by atoms with Crippen LogP contribution in [0.4, 0.5) is 0 Å². The Balaban J connectivity index is 2.56. The molecule has 1 aliphatic heterocycles. The smallest absolute Gasteiger partial charge is 0.307 e. The van der Waals surface area contributed by atoms with Crippen LogP contribution in [0.2, 0.25) is 0 Å². The van der Waals surface area contributed by atoms with Crippen molar-refractivity contribution in [2.75, 3.05) is 20.2 Å². The van der Waals surface area contributed by atoms with Crippen LogP contribution in [0, 0.1) is 0 Å². The molecular weight excluding hydrogens is 204 g/mol. The van der Waals surface area contributed by atoms with Crippen LogP contribution in [-0.2, 0) is 9.53 Å². The molecule has 1 saturated heterocycles. The number of carbonyl (C=O) groups excluding carboxylic acids is 1. The van der Waals surface area contributed by atoms with Crippen molar-refractivity contribution in [3.8, 4) is 0 Å². The topological polar surface area (TPSA) is 41.6 Å². The highest BCUT2D eigenvalue weighted by atomic mass is 16.5. The minimum atomic E-state index is -0.129. The van der Waals surface area contributed by atoms with E-state index in [2.05, 4.69) is 31.0 Å². The van der Waals surface area contributed by atoms with E-state index in [-0.39, 0.29) is 12.0 Å². The van der Waals surface area contributed by atoms with Gasteiger partial charge in [0.15, 0.2) is 0 Å². The van der Waals surface area contributed by atoms with E-state index in [1.54, 1.807) is 0 Å². The van der Waals surface area contributed by atoms with Crippen molar-refractivity contribution >= 4 is 5.97 Å². The molecule has 1 aliphatic rings. The van der Waals surface area contributed by atoms with E-state index in [0.717, 1.165) is 19.5 Å². The van der Waals surface area contributed by atoms with Gasteiger partial charge in [-0.3, -0.25) is 9.69 Å². The summed E-state index contributed by atoms with van der Waals surface area (Å²) in [5, 5.41) is 3.49. The minimum absolute atomic E-state index is 0.129. The first-order chi connectivity index (χ1) is 7.52. The van der Waals surface area contributed by atoms with Crippen LogP contribution >= 0.6 is 0 Å². The van der Waals surface area contributed by atoms with Crippen molar-refractivity contribution in [1.29, 1.82) is 0 Å². The lowest BCUT2D eigenvalue weighted by molar-refractivity contribution is -0.141. The molecule has 2 unspecified atom stereocenters. The van der Waals surface area contributed by atoms with Gasteiger partial charge in [-0.15, -0.1) is 0 Å². The van der Waals surface area contributed by atoms with Gasteiger partial charge in [0, 0.05) is 24.7 Å². The average Bonchev–Trinajstić information content (AvgIpc) is 2.40. The Bertz CT molecular complexity index is 231. The molecule has 0 bridgehead atoms. The quantitative estimate of drug-likeness (QED) is 0.732. The number of esters is 1. The maximum absolute atomic E-state index is 11.3. The lowest BCUT2D eigenvalue weighted by Crippen LogP contribution is -2.43. The van der Waals surface area contributed by atoms with Gasteiger partial charge in [0.2, 0.25) is 0 Å². The van der Waals surface area contributed by atoms with Crippen LogP contribution < -0.4 is 5.32 Å². The number of ether oxygens (including phenoxy) is 1. The summed E-state index contributed by atoms with van der Waals surface area (Å²) in [5.74, 6) is -0.129. The van der Waals surface area contributed by atoms with E-state index in [1.807, 2.05) is 0 Å². The van der Waals surface area contributed by atoms with Crippen LogP contribution in [0.1, 0.15) is 33.6 Å². The molecule has 0 aromatic carbocycles. The molecule has 1 rings (SSSR count). The van der Waals surface area contributed by atoms with Crippen molar-refractivity contribution in [1.82, 2.24) is 10.2 Å². The average molecular weight is 228 g/mol. The van der Waals surface area contributed by atoms with Crippen LogP contribution in [0.3, 0.4) is 0 Å². The van der Waals surface area contributed by atoms with Gasteiger partial charge in [-0.1, -0.05) is 0 Å². The zero-order valence-electron chi connectivity index (χ0n) is 10.8. The van der Waals surface area contributed by atoms with Crippen LogP contribution in [0.5, 0.6) is 0 Å². The van der Waals surface area contributed by atoms with E-state index in [0.29, 0.717) is 18.5 Å². The SMILES string of the molecule is COC(=O)CC1CN(C(C)C)CCC(C)N1. The van der Waals surface area contributed by atoms with E-state index in [1.165, 1.54) is 7.11 Å². The molecule has 1 N–H and O–H groups in total. The summed E-state index contributed by atoms with van der Waals surface area (Å²) in [7, 11) is 1.45. The summed E-state index contributed by atoms with van der Waals surface area (Å²) in [4.78, 5) is 13.7. The molecule has 0 amide bonds. The summed E-state index contributed by atoms with van der Waals surface area (Å²) in [6.45, 7) is 8.60. The predicted molar refractivity (Wildman–Crippen MR) is 64.3 cm³/mol. The Labute approximate surface area is 98.3 Å². The van der Waals surface area contributed by atoms with E-state index in [4.69, 9.17) is 4.74 Å². The standard InChI is InChI=1S/C12H24N2O2/c1-9(2)14-6-5-10(3)13-11(8-14)7-12(15)16-4/h9-11,13H,5-8H2,1-4H3. The molecule has 2 atom stereocenters. The molecule has 0 saturated carbocycles. The fraction of sp³-hybridized carbons (Fsp3) is 0.917. The van der Waals surface area contributed by atoms with Crippen LogP contribution in [-0.4, -0.2) is 49.2 Å². The highest BCUT2D eigenvalue weighted by molar-refractivity contribution is 5.69. The predicted octanol–water partition coefficient (Wildman–Crippen LogP) is 1.01. The molecule has 0 spiro atoms. The number of rotatable bonds is 3. The van der Waals surface area contributed by atoms with Gasteiger partial charge in [0.25, 0.3) is 0 Å². The van der Waals surface area contributed by atoms with E-state index >= 15 is 0 Å². The third-order valence-electron chi connectivity index (χ3n) is 3.20. The van der Waals surface area contributed by atoms with E-state index < -0.39 is 0 Å². The summed E-state index contributed by atoms with van der Waals surface area (Å²) in [6, 6.07) is 1.22. The Morgan fingerprint density at radius 3 is 2.81 bits per heavy atom. The Morgan fingerprint density at radius 2 is 2.25 bits per heavy atom. The second-order valence-corrected chi connectivity index (χ2v) is 4.92. The molecule has 1 heterocycles. The zero-order valence-corrected chi connectivity index (χ0v) is 10.8. The van der Waals surface area contributed by atoms with Gasteiger partial charge < -0.3 is 10.1 Å². The minimum Gasteiger partial charge on any atom is -0.469 e. The van der Waals surface area contributed by atoms with Gasteiger partial charge in [0.05, 0.1) is 13.5 Å². The maximum Gasteiger partial charge on any atom is 0.307 e.